The van der Waals surface area contributed by atoms with E-state index in [4.69, 9.17) is 14.2 Å². The lowest BCUT2D eigenvalue weighted by molar-refractivity contribution is -0.0588. The Morgan fingerprint density at radius 2 is 1.90 bits per heavy atom. The average Bonchev–Trinajstić information content (AvgIpc) is 2.41. The van der Waals surface area contributed by atoms with Crippen LogP contribution in [0.4, 0.5) is 0 Å². The van der Waals surface area contributed by atoms with Crippen LogP contribution in [0.5, 0.6) is 0 Å². The number of hydrogen-bond acceptors (Lipinski definition) is 4. The van der Waals surface area contributed by atoms with Crippen molar-refractivity contribution < 1.29 is 14.2 Å². The molecule has 1 rings (SSSR count). The summed E-state index contributed by atoms with van der Waals surface area (Å²) in [4.78, 5) is 0. The van der Waals surface area contributed by atoms with Crippen molar-refractivity contribution in [2.45, 2.75) is 58.6 Å². The van der Waals surface area contributed by atoms with Crippen molar-refractivity contribution in [3.8, 4) is 0 Å². The maximum absolute atomic E-state index is 6.08. The molecule has 120 valence electrons. The third kappa shape index (κ3) is 6.08. The van der Waals surface area contributed by atoms with Crippen LogP contribution in [-0.4, -0.2) is 52.2 Å². The molecule has 0 aromatic heterocycles. The highest BCUT2D eigenvalue weighted by molar-refractivity contribution is 4.94. The largest absolute Gasteiger partial charge is 0.382 e. The van der Waals surface area contributed by atoms with Crippen LogP contribution >= 0.6 is 0 Å². The fourth-order valence-corrected chi connectivity index (χ4v) is 2.97. The van der Waals surface area contributed by atoms with E-state index in [1.54, 1.807) is 7.11 Å². The summed E-state index contributed by atoms with van der Waals surface area (Å²) >= 11 is 0. The summed E-state index contributed by atoms with van der Waals surface area (Å²) in [5.74, 6) is 0. The van der Waals surface area contributed by atoms with Crippen molar-refractivity contribution in [1.82, 2.24) is 5.32 Å². The first-order valence-corrected chi connectivity index (χ1v) is 8.03. The Balaban J connectivity index is 2.32. The molecule has 0 radical (unpaired) electrons. The van der Waals surface area contributed by atoms with E-state index in [0.29, 0.717) is 44.0 Å². The van der Waals surface area contributed by atoms with Crippen LogP contribution in [0.1, 0.15) is 46.5 Å². The third-order valence-corrected chi connectivity index (χ3v) is 4.13. The molecule has 20 heavy (non-hydrogen) atoms. The van der Waals surface area contributed by atoms with Gasteiger partial charge in [0.15, 0.2) is 0 Å². The molecule has 1 N–H and O–H groups in total. The Hall–Kier alpha value is -0.160. The lowest BCUT2D eigenvalue weighted by Gasteiger charge is -2.44. The zero-order chi connectivity index (χ0) is 14.8. The van der Waals surface area contributed by atoms with Crippen LogP contribution in [0.3, 0.4) is 0 Å². The highest BCUT2D eigenvalue weighted by Crippen LogP contribution is 2.37. The second kappa shape index (κ2) is 9.72. The van der Waals surface area contributed by atoms with Crippen LogP contribution in [0.25, 0.3) is 0 Å². The van der Waals surface area contributed by atoms with Gasteiger partial charge in [0.25, 0.3) is 0 Å². The Morgan fingerprint density at radius 3 is 2.60 bits per heavy atom. The molecular weight excluding hydrogens is 254 g/mol. The topological polar surface area (TPSA) is 39.7 Å². The predicted molar refractivity (Wildman–Crippen MR) is 82.1 cm³/mol. The summed E-state index contributed by atoms with van der Waals surface area (Å²) in [6.45, 7) is 10.6. The predicted octanol–water partition coefficient (Wildman–Crippen LogP) is 2.61. The number of rotatable bonds is 10. The van der Waals surface area contributed by atoms with Crippen LogP contribution in [0.15, 0.2) is 0 Å². The first-order valence-electron chi connectivity index (χ1n) is 8.03. The standard InChI is InChI=1S/C16H33NO3/c1-5-9-17-15-14(7-6-8-16(15,2)3)20-13-12-19-11-10-18-4/h14-15,17H,5-13H2,1-4H3. The first-order chi connectivity index (χ1) is 9.61. The van der Waals surface area contributed by atoms with Crippen molar-refractivity contribution in [2.24, 2.45) is 5.41 Å². The summed E-state index contributed by atoms with van der Waals surface area (Å²) in [5.41, 5.74) is 0.314. The average molecular weight is 287 g/mol. The normalized spacial score (nSPS) is 25.8. The molecule has 2 atom stereocenters. The third-order valence-electron chi connectivity index (χ3n) is 4.13. The Labute approximate surface area is 124 Å². The van der Waals surface area contributed by atoms with Gasteiger partial charge in [0.1, 0.15) is 0 Å². The van der Waals surface area contributed by atoms with Gasteiger partial charge in [-0.05, 0) is 31.2 Å². The van der Waals surface area contributed by atoms with Gasteiger partial charge in [-0.1, -0.05) is 27.2 Å². The number of hydrogen-bond donors (Lipinski definition) is 1. The molecule has 1 aliphatic rings. The Kier molecular flexibility index (Phi) is 8.69. The molecule has 2 unspecified atom stereocenters. The molecule has 1 saturated carbocycles. The molecule has 4 heteroatoms. The first kappa shape index (κ1) is 17.9. The smallest absolute Gasteiger partial charge is 0.0734 e. The van der Waals surface area contributed by atoms with E-state index >= 15 is 0 Å². The molecule has 1 aliphatic carbocycles. The molecule has 1 fully saturated rings. The second-order valence-electron chi connectivity index (χ2n) is 6.33. The van der Waals surface area contributed by atoms with Gasteiger partial charge in [-0.15, -0.1) is 0 Å². The fourth-order valence-electron chi connectivity index (χ4n) is 2.97. The molecule has 4 nitrogen and oxygen atoms in total. The molecule has 0 spiro atoms. The summed E-state index contributed by atoms with van der Waals surface area (Å²) in [6, 6.07) is 0.454. The van der Waals surface area contributed by atoms with E-state index in [9.17, 15) is 0 Å². The van der Waals surface area contributed by atoms with Crippen molar-refractivity contribution in [1.29, 1.82) is 0 Å². The molecule has 0 heterocycles. The summed E-state index contributed by atoms with van der Waals surface area (Å²) in [5, 5.41) is 3.69. The van der Waals surface area contributed by atoms with Crippen molar-refractivity contribution in [2.75, 3.05) is 40.1 Å². The summed E-state index contributed by atoms with van der Waals surface area (Å²) < 4.78 is 16.5. The van der Waals surface area contributed by atoms with Gasteiger partial charge in [0.2, 0.25) is 0 Å². The molecule has 0 amide bonds. The van der Waals surface area contributed by atoms with Crippen LogP contribution in [0.2, 0.25) is 0 Å². The summed E-state index contributed by atoms with van der Waals surface area (Å²) in [6.07, 6.45) is 5.17. The van der Waals surface area contributed by atoms with Gasteiger partial charge < -0.3 is 19.5 Å². The highest BCUT2D eigenvalue weighted by Gasteiger charge is 2.38. The molecule has 0 aromatic carbocycles. The Morgan fingerprint density at radius 1 is 1.15 bits per heavy atom. The minimum atomic E-state index is 0.314. The minimum Gasteiger partial charge on any atom is -0.382 e. The molecule has 0 aliphatic heterocycles. The Bertz CT molecular complexity index is 246. The van der Waals surface area contributed by atoms with Crippen molar-refractivity contribution in [3.63, 3.8) is 0 Å². The number of nitrogens with one attached hydrogen (secondary N) is 1. The zero-order valence-electron chi connectivity index (χ0n) is 13.7. The van der Waals surface area contributed by atoms with Gasteiger partial charge in [0.05, 0.1) is 32.5 Å². The van der Waals surface area contributed by atoms with Crippen LogP contribution in [-0.2, 0) is 14.2 Å². The van der Waals surface area contributed by atoms with Gasteiger partial charge in [-0.2, -0.15) is 0 Å². The molecule has 0 saturated heterocycles. The van der Waals surface area contributed by atoms with Gasteiger partial charge in [-0.25, -0.2) is 0 Å². The quantitative estimate of drug-likeness (QED) is 0.627. The van der Waals surface area contributed by atoms with E-state index in [2.05, 4.69) is 26.1 Å². The lowest BCUT2D eigenvalue weighted by atomic mass is 9.71. The van der Waals surface area contributed by atoms with Gasteiger partial charge in [-0.3, -0.25) is 0 Å². The van der Waals surface area contributed by atoms with Crippen LogP contribution < -0.4 is 5.32 Å². The molecular formula is C16H33NO3. The zero-order valence-corrected chi connectivity index (χ0v) is 13.7. The van der Waals surface area contributed by atoms with E-state index in [1.165, 1.54) is 19.3 Å². The van der Waals surface area contributed by atoms with Gasteiger partial charge in [0, 0.05) is 13.2 Å². The summed E-state index contributed by atoms with van der Waals surface area (Å²) in [7, 11) is 1.69. The molecule has 0 aromatic rings. The van der Waals surface area contributed by atoms with Crippen molar-refractivity contribution in [3.05, 3.63) is 0 Å². The fraction of sp³-hybridized carbons (Fsp3) is 1.00. The maximum atomic E-state index is 6.08. The lowest BCUT2D eigenvalue weighted by Crippen LogP contribution is -2.53. The van der Waals surface area contributed by atoms with Crippen LogP contribution in [0, 0.1) is 5.41 Å². The SMILES string of the molecule is CCCNC1C(OCCOCCOC)CCCC1(C)C. The van der Waals surface area contributed by atoms with E-state index < -0.39 is 0 Å². The van der Waals surface area contributed by atoms with E-state index in [0.717, 1.165) is 13.0 Å². The minimum absolute atomic E-state index is 0.314. The second-order valence-corrected chi connectivity index (χ2v) is 6.33. The van der Waals surface area contributed by atoms with E-state index in [1.807, 2.05) is 0 Å². The number of methoxy groups -OCH3 is 1. The van der Waals surface area contributed by atoms with Crippen molar-refractivity contribution >= 4 is 0 Å². The van der Waals surface area contributed by atoms with E-state index in [-0.39, 0.29) is 0 Å². The highest BCUT2D eigenvalue weighted by atomic mass is 16.5. The maximum Gasteiger partial charge on any atom is 0.0734 e. The molecule has 0 bridgehead atoms. The van der Waals surface area contributed by atoms with Gasteiger partial charge >= 0.3 is 0 Å². The monoisotopic (exact) mass is 287 g/mol. The number of ether oxygens (including phenoxy) is 3.